The second kappa shape index (κ2) is 1.93. The van der Waals surface area contributed by atoms with E-state index in [4.69, 9.17) is 0 Å². The number of rotatable bonds is 1. The van der Waals surface area contributed by atoms with Gasteiger partial charge in [-0.25, -0.2) is 8.78 Å². The Morgan fingerprint density at radius 1 is 1.20 bits per heavy atom. The summed E-state index contributed by atoms with van der Waals surface area (Å²) in [5, 5.41) is 0. The molecule has 0 radical (unpaired) electrons. The summed E-state index contributed by atoms with van der Waals surface area (Å²) in [6.07, 6.45) is -0.727. The Labute approximate surface area is 60.6 Å². The van der Waals surface area contributed by atoms with E-state index < -0.39 is 11.8 Å². The van der Waals surface area contributed by atoms with E-state index in [0.717, 1.165) is 0 Å². The van der Waals surface area contributed by atoms with Crippen LogP contribution in [0.5, 0.6) is 0 Å². The lowest BCUT2D eigenvalue weighted by Gasteiger charge is -2.29. The quantitative estimate of drug-likeness (QED) is 0.536. The van der Waals surface area contributed by atoms with Crippen molar-refractivity contribution in [1.29, 1.82) is 0 Å². The molecule has 0 heterocycles. The van der Waals surface area contributed by atoms with E-state index in [1.165, 1.54) is 0 Å². The van der Waals surface area contributed by atoms with Crippen LogP contribution in [0.2, 0.25) is 0 Å². The topological polar surface area (TPSA) is 0 Å². The second-order valence-corrected chi connectivity index (χ2v) is 4.21. The van der Waals surface area contributed by atoms with Crippen molar-refractivity contribution in [1.82, 2.24) is 0 Å². The van der Waals surface area contributed by atoms with Gasteiger partial charge in [0.2, 0.25) is 6.43 Å². The molecule has 1 aliphatic rings. The molecule has 0 nitrogen and oxygen atoms in total. The zero-order chi connectivity index (χ0) is 7.99. The molecule has 0 aromatic heterocycles. The first kappa shape index (κ1) is 7.96. The lowest BCUT2D eigenvalue weighted by atomic mass is 9.78. The molecular weight excluding hydrogens is 134 g/mol. The summed E-state index contributed by atoms with van der Waals surface area (Å²) in [6, 6.07) is 0. The molecular formula is C8H14F2. The third-order valence-electron chi connectivity index (χ3n) is 2.70. The minimum atomic E-state index is -2.13. The molecule has 1 saturated carbocycles. The number of alkyl halides is 2. The normalized spacial score (nSPS) is 23.4. The molecule has 0 N–H and O–H groups in total. The highest BCUT2D eigenvalue weighted by Gasteiger charge is 2.58. The highest BCUT2D eigenvalue weighted by Crippen LogP contribution is 2.61. The van der Waals surface area contributed by atoms with Crippen LogP contribution in [0.3, 0.4) is 0 Å². The molecule has 0 aromatic carbocycles. The van der Waals surface area contributed by atoms with Crippen LogP contribution in [0.1, 0.15) is 33.6 Å². The Morgan fingerprint density at radius 3 is 1.60 bits per heavy atom. The summed E-state index contributed by atoms with van der Waals surface area (Å²) in [7, 11) is 0. The maximum Gasteiger partial charge on any atom is 0.244 e. The molecule has 0 saturated heterocycles. The first-order chi connectivity index (χ1) is 4.40. The molecule has 1 fully saturated rings. The second-order valence-electron chi connectivity index (χ2n) is 4.21. The van der Waals surface area contributed by atoms with E-state index in [1.807, 2.05) is 20.8 Å². The van der Waals surface area contributed by atoms with Gasteiger partial charge < -0.3 is 0 Å². The molecule has 1 rings (SSSR count). The fraction of sp³-hybridized carbons (Fsp3) is 1.00. The Balaban J connectivity index is 2.70. The molecule has 0 amide bonds. The fourth-order valence-corrected chi connectivity index (χ4v) is 1.43. The molecule has 2 heteroatoms. The fourth-order valence-electron chi connectivity index (χ4n) is 1.43. The minimum Gasteiger partial charge on any atom is -0.210 e. The van der Waals surface area contributed by atoms with Gasteiger partial charge in [0.25, 0.3) is 0 Å². The predicted molar refractivity (Wildman–Crippen MR) is 37.1 cm³/mol. The van der Waals surface area contributed by atoms with E-state index in [0.29, 0.717) is 12.8 Å². The molecule has 0 aromatic rings. The van der Waals surface area contributed by atoms with Crippen molar-refractivity contribution in [2.75, 3.05) is 0 Å². The summed E-state index contributed by atoms with van der Waals surface area (Å²) < 4.78 is 24.7. The molecule has 0 bridgehead atoms. The van der Waals surface area contributed by atoms with Gasteiger partial charge in [0, 0.05) is 5.41 Å². The monoisotopic (exact) mass is 148 g/mol. The van der Waals surface area contributed by atoms with Crippen molar-refractivity contribution >= 4 is 0 Å². The summed E-state index contributed by atoms with van der Waals surface area (Å²) in [6.45, 7) is 5.68. The lowest BCUT2D eigenvalue weighted by molar-refractivity contribution is -0.00401. The van der Waals surface area contributed by atoms with Crippen molar-refractivity contribution in [3.63, 3.8) is 0 Å². The smallest absolute Gasteiger partial charge is 0.210 e. The van der Waals surface area contributed by atoms with E-state index in [1.54, 1.807) is 0 Å². The number of hydrogen-bond donors (Lipinski definition) is 0. The summed E-state index contributed by atoms with van der Waals surface area (Å²) in [4.78, 5) is 0. The summed E-state index contributed by atoms with van der Waals surface area (Å²) in [5.41, 5.74) is -0.867. The largest absolute Gasteiger partial charge is 0.244 e. The molecule has 1 aliphatic carbocycles. The highest BCUT2D eigenvalue weighted by atomic mass is 19.3. The first-order valence-electron chi connectivity index (χ1n) is 3.68. The molecule has 0 spiro atoms. The molecule has 0 aliphatic heterocycles. The van der Waals surface area contributed by atoms with Crippen LogP contribution in [-0.2, 0) is 0 Å². The summed E-state index contributed by atoms with van der Waals surface area (Å²) in [5.74, 6) is 0. The van der Waals surface area contributed by atoms with E-state index in [2.05, 4.69) is 0 Å². The van der Waals surface area contributed by atoms with Crippen LogP contribution in [0.15, 0.2) is 0 Å². The van der Waals surface area contributed by atoms with Gasteiger partial charge in [0.1, 0.15) is 0 Å². The average Bonchev–Trinajstić information content (AvgIpc) is 2.36. The Kier molecular flexibility index (Phi) is 1.53. The molecule has 10 heavy (non-hydrogen) atoms. The van der Waals surface area contributed by atoms with Gasteiger partial charge in [-0.2, -0.15) is 0 Å². The van der Waals surface area contributed by atoms with Gasteiger partial charge in [-0.3, -0.25) is 0 Å². The third kappa shape index (κ3) is 0.938. The van der Waals surface area contributed by atoms with Crippen LogP contribution in [0.4, 0.5) is 8.78 Å². The van der Waals surface area contributed by atoms with Crippen LogP contribution in [0.25, 0.3) is 0 Å². The number of hydrogen-bond acceptors (Lipinski definition) is 0. The molecule has 0 unspecified atom stereocenters. The lowest BCUT2D eigenvalue weighted by Crippen LogP contribution is -2.28. The van der Waals surface area contributed by atoms with Gasteiger partial charge >= 0.3 is 0 Å². The van der Waals surface area contributed by atoms with Crippen LogP contribution >= 0.6 is 0 Å². The van der Waals surface area contributed by atoms with Gasteiger partial charge in [0.05, 0.1) is 0 Å². The highest BCUT2D eigenvalue weighted by molar-refractivity contribution is 5.03. The van der Waals surface area contributed by atoms with Crippen molar-refractivity contribution in [3.05, 3.63) is 0 Å². The SMILES string of the molecule is CC(C)(C)C1(C(F)F)CC1. The third-order valence-corrected chi connectivity index (χ3v) is 2.70. The van der Waals surface area contributed by atoms with Crippen LogP contribution in [0, 0.1) is 10.8 Å². The van der Waals surface area contributed by atoms with Gasteiger partial charge in [-0.05, 0) is 18.3 Å². The zero-order valence-electron chi connectivity index (χ0n) is 6.75. The average molecular weight is 148 g/mol. The minimum absolute atomic E-state index is 0.221. The van der Waals surface area contributed by atoms with Crippen molar-refractivity contribution in [3.8, 4) is 0 Å². The predicted octanol–water partition coefficient (Wildman–Crippen LogP) is 3.08. The van der Waals surface area contributed by atoms with Gasteiger partial charge in [0.15, 0.2) is 0 Å². The maximum atomic E-state index is 12.4. The Hall–Kier alpha value is -0.140. The first-order valence-corrected chi connectivity index (χ1v) is 3.68. The van der Waals surface area contributed by atoms with E-state index >= 15 is 0 Å². The van der Waals surface area contributed by atoms with E-state index in [9.17, 15) is 8.78 Å². The van der Waals surface area contributed by atoms with Gasteiger partial charge in [-0.1, -0.05) is 20.8 Å². The maximum absolute atomic E-state index is 12.4. The van der Waals surface area contributed by atoms with E-state index in [-0.39, 0.29) is 5.41 Å². The molecule has 60 valence electrons. The van der Waals surface area contributed by atoms with Crippen LogP contribution < -0.4 is 0 Å². The van der Waals surface area contributed by atoms with Crippen molar-refractivity contribution in [2.24, 2.45) is 10.8 Å². The number of halogens is 2. The van der Waals surface area contributed by atoms with Crippen LogP contribution in [-0.4, -0.2) is 6.43 Å². The Morgan fingerprint density at radius 2 is 1.60 bits per heavy atom. The van der Waals surface area contributed by atoms with Gasteiger partial charge in [-0.15, -0.1) is 0 Å². The van der Waals surface area contributed by atoms with Crippen molar-refractivity contribution in [2.45, 2.75) is 40.0 Å². The Bertz CT molecular complexity index is 129. The van der Waals surface area contributed by atoms with Crippen molar-refractivity contribution < 1.29 is 8.78 Å². The molecule has 0 atom stereocenters. The zero-order valence-corrected chi connectivity index (χ0v) is 6.75. The summed E-state index contributed by atoms with van der Waals surface area (Å²) >= 11 is 0. The standard InChI is InChI=1S/C8H14F2/c1-7(2,3)8(4-5-8)6(9)10/h6H,4-5H2,1-3H3.